The molecule has 1 fully saturated rings. The molecule has 0 aromatic carbocycles. The van der Waals surface area contributed by atoms with Crippen molar-refractivity contribution in [3.8, 4) is 0 Å². The normalized spacial score (nSPS) is 24.5. The summed E-state index contributed by atoms with van der Waals surface area (Å²) >= 11 is 0. The van der Waals surface area contributed by atoms with Crippen LogP contribution >= 0.6 is 0 Å². The zero-order chi connectivity index (χ0) is 12.1. The molecule has 2 atom stereocenters. The van der Waals surface area contributed by atoms with Crippen molar-refractivity contribution in [2.24, 2.45) is 5.92 Å². The van der Waals surface area contributed by atoms with E-state index >= 15 is 0 Å². The Morgan fingerprint density at radius 1 is 1.44 bits per heavy atom. The summed E-state index contributed by atoms with van der Waals surface area (Å²) in [6, 6.07) is -0.346. The van der Waals surface area contributed by atoms with E-state index in [1.165, 1.54) is 7.11 Å². The summed E-state index contributed by atoms with van der Waals surface area (Å²) in [6.07, 6.45) is 0.700. The zero-order valence-corrected chi connectivity index (χ0v) is 9.99. The van der Waals surface area contributed by atoms with E-state index in [0.717, 1.165) is 0 Å². The SMILES string of the molecule is COC(=O)C1CC(OC(=O)CC(C)C)CN1. The van der Waals surface area contributed by atoms with Gasteiger partial charge in [0.25, 0.3) is 0 Å². The molecule has 0 radical (unpaired) electrons. The third kappa shape index (κ3) is 3.81. The predicted molar refractivity (Wildman–Crippen MR) is 57.8 cm³/mol. The summed E-state index contributed by atoms with van der Waals surface area (Å²) in [4.78, 5) is 22.6. The van der Waals surface area contributed by atoms with E-state index in [1.807, 2.05) is 13.8 Å². The highest BCUT2D eigenvalue weighted by atomic mass is 16.5. The van der Waals surface area contributed by atoms with Crippen molar-refractivity contribution in [2.75, 3.05) is 13.7 Å². The van der Waals surface area contributed by atoms with Gasteiger partial charge in [-0.2, -0.15) is 0 Å². The Labute approximate surface area is 95.5 Å². The van der Waals surface area contributed by atoms with Crippen molar-refractivity contribution in [3.05, 3.63) is 0 Å². The third-order valence-corrected chi connectivity index (χ3v) is 2.45. The number of ether oxygens (including phenoxy) is 2. The van der Waals surface area contributed by atoms with Crippen LogP contribution in [0.1, 0.15) is 26.7 Å². The molecule has 0 aromatic heterocycles. The van der Waals surface area contributed by atoms with Gasteiger partial charge in [-0.15, -0.1) is 0 Å². The average molecular weight is 229 g/mol. The molecule has 0 aliphatic carbocycles. The van der Waals surface area contributed by atoms with Gasteiger partial charge < -0.3 is 14.8 Å². The van der Waals surface area contributed by atoms with Gasteiger partial charge in [-0.1, -0.05) is 13.8 Å². The molecule has 5 heteroatoms. The fraction of sp³-hybridized carbons (Fsp3) is 0.818. The number of esters is 2. The van der Waals surface area contributed by atoms with Crippen LogP contribution in [0.5, 0.6) is 0 Å². The molecule has 1 saturated heterocycles. The second-order valence-corrected chi connectivity index (χ2v) is 4.43. The van der Waals surface area contributed by atoms with E-state index in [4.69, 9.17) is 4.74 Å². The molecule has 1 aliphatic rings. The molecule has 5 nitrogen and oxygen atoms in total. The Bertz CT molecular complexity index is 265. The standard InChI is InChI=1S/C11H19NO4/c1-7(2)4-10(13)16-8-5-9(12-6-8)11(14)15-3/h7-9,12H,4-6H2,1-3H3. The second kappa shape index (κ2) is 5.84. The highest BCUT2D eigenvalue weighted by Gasteiger charge is 2.32. The molecule has 0 aromatic rings. The van der Waals surface area contributed by atoms with Gasteiger partial charge in [0.05, 0.1) is 7.11 Å². The number of rotatable bonds is 4. The molecule has 16 heavy (non-hydrogen) atoms. The zero-order valence-electron chi connectivity index (χ0n) is 9.99. The lowest BCUT2D eigenvalue weighted by atomic mass is 10.1. The lowest BCUT2D eigenvalue weighted by molar-refractivity contribution is -0.150. The lowest BCUT2D eigenvalue weighted by Crippen LogP contribution is -2.31. The highest BCUT2D eigenvalue weighted by molar-refractivity contribution is 5.76. The first-order chi connectivity index (χ1) is 7.52. The maximum Gasteiger partial charge on any atom is 0.323 e. The Balaban J connectivity index is 2.31. The highest BCUT2D eigenvalue weighted by Crippen LogP contribution is 2.13. The summed E-state index contributed by atoms with van der Waals surface area (Å²) in [5, 5.41) is 2.96. The molecule has 1 N–H and O–H groups in total. The van der Waals surface area contributed by atoms with Gasteiger partial charge in [-0.25, -0.2) is 0 Å². The first kappa shape index (κ1) is 13.0. The monoisotopic (exact) mass is 229 g/mol. The number of hydrogen-bond donors (Lipinski definition) is 1. The maximum absolute atomic E-state index is 11.4. The van der Waals surface area contributed by atoms with E-state index in [9.17, 15) is 9.59 Å². The number of methoxy groups -OCH3 is 1. The first-order valence-corrected chi connectivity index (χ1v) is 5.53. The van der Waals surface area contributed by atoms with E-state index < -0.39 is 0 Å². The van der Waals surface area contributed by atoms with Crippen molar-refractivity contribution < 1.29 is 19.1 Å². The molecular formula is C11H19NO4. The Morgan fingerprint density at radius 3 is 2.69 bits per heavy atom. The van der Waals surface area contributed by atoms with E-state index in [1.54, 1.807) is 0 Å². The largest absolute Gasteiger partial charge is 0.468 e. The van der Waals surface area contributed by atoms with Crippen LogP contribution in [0.25, 0.3) is 0 Å². The van der Waals surface area contributed by atoms with Crippen LogP contribution in [0, 0.1) is 5.92 Å². The van der Waals surface area contributed by atoms with Gasteiger partial charge in [0, 0.05) is 19.4 Å². The molecule has 92 valence electrons. The van der Waals surface area contributed by atoms with Crippen molar-refractivity contribution in [1.29, 1.82) is 0 Å². The summed E-state index contributed by atoms with van der Waals surface area (Å²) in [5.74, 6) is -0.215. The first-order valence-electron chi connectivity index (χ1n) is 5.53. The summed E-state index contributed by atoms with van der Waals surface area (Å²) < 4.78 is 9.85. The molecule has 0 spiro atoms. The molecule has 1 heterocycles. The minimum absolute atomic E-state index is 0.202. The molecule has 0 saturated carbocycles. The van der Waals surface area contributed by atoms with Crippen LogP contribution in [-0.2, 0) is 19.1 Å². The van der Waals surface area contributed by atoms with Crippen LogP contribution in [0.3, 0.4) is 0 Å². The van der Waals surface area contributed by atoms with Crippen LogP contribution < -0.4 is 5.32 Å². The summed E-state index contributed by atoms with van der Waals surface area (Å²) in [6.45, 7) is 4.44. The van der Waals surface area contributed by atoms with Crippen molar-refractivity contribution in [1.82, 2.24) is 5.32 Å². The van der Waals surface area contributed by atoms with Gasteiger partial charge in [0.15, 0.2) is 0 Å². The van der Waals surface area contributed by atoms with Gasteiger partial charge >= 0.3 is 11.9 Å². The van der Waals surface area contributed by atoms with Crippen LogP contribution in [0.2, 0.25) is 0 Å². The lowest BCUT2D eigenvalue weighted by Gasteiger charge is -2.12. The van der Waals surface area contributed by atoms with Crippen molar-refractivity contribution in [3.63, 3.8) is 0 Å². The fourth-order valence-electron chi connectivity index (χ4n) is 1.68. The van der Waals surface area contributed by atoms with Crippen LogP contribution in [0.15, 0.2) is 0 Å². The Hall–Kier alpha value is -1.10. The summed E-state index contributed by atoms with van der Waals surface area (Å²) in [5.41, 5.74) is 0. The number of carbonyl (C=O) groups excluding carboxylic acids is 2. The van der Waals surface area contributed by atoms with E-state index in [0.29, 0.717) is 25.3 Å². The third-order valence-electron chi connectivity index (χ3n) is 2.45. The minimum atomic E-state index is -0.346. The molecular weight excluding hydrogens is 210 g/mol. The maximum atomic E-state index is 11.4. The predicted octanol–water partition coefficient (Wildman–Crippen LogP) is 0.479. The Morgan fingerprint density at radius 2 is 2.12 bits per heavy atom. The second-order valence-electron chi connectivity index (χ2n) is 4.43. The average Bonchev–Trinajstić information content (AvgIpc) is 2.63. The quantitative estimate of drug-likeness (QED) is 0.710. The van der Waals surface area contributed by atoms with Crippen LogP contribution in [0.4, 0.5) is 0 Å². The minimum Gasteiger partial charge on any atom is -0.468 e. The Kier molecular flexibility index (Phi) is 4.73. The number of carbonyl (C=O) groups is 2. The molecule has 1 aliphatic heterocycles. The van der Waals surface area contributed by atoms with Crippen molar-refractivity contribution >= 4 is 11.9 Å². The van der Waals surface area contributed by atoms with Gasteiger partial charge in [0.2, 0.25) is 0 Å². The van der Waals surface area contributed by atoms with E-state index in [-0.39, 0.29) is 24.1 Å². The number of nitrogens with one attached hydrogen (secondary N) is 1. The summed E-state index contributed by atoms with van der Waals surface area (Å²) in [7, 11) is 1.35. The van der Waals surface area contributed by atoms with Gasteiger partial charge in [0.1, 0.15) is 12.1 Å². The molecule has 0 amide bonds. The van der Waals surface area contributed by atoms with Crippen LogP contribution in [-0.4, -0.2) is 37.7 Å². The van der Waals surface area contributed by atoms with Gasteiger partial charge in [-0.3, -0.25) is 9.59 Å². The van der Waals surface area contributed by atoms with Gasteiger partial charge in [-0.05, 0) is 5.92 Å². The smallest absolute Gasteiger partial charge is 0.323 e. The topological polar surface area (TPSA) is 64.6 Å². The molecule has 0 bridgehead atoms. The van der Waals surface area contributed by atoms with E-state index in [2.05, 4.69) is 10.1 Å². The fourth-order valence-corrected chi connectivity index (χ4v) is 1.68. The molecule has 1 rings (SSSR count). The number of hydrogen-bond acceptors (Lipinski definition) is 5. The molecule has 2 unspecified atom stereocenters. The van der Waals surface area contributed by atoms with Crippen molar-refractivity contribution in [2.45, 2.75) is 38.8 Å².